The van der Waals surface area contributed by atoms with Gasteiger partial charge in [0.25, 0.3) is 0 Å². The van der Waals surface area contributed by atoms with Gasteiger partial charge in [-0.3, -0.25) is 4.90 Å². The smallest absolute Gasteiger partial charge is 0.243 e. The molecular formula is C17H24N4O. The topological polar surface area (TPSA) is 68.2 Å². The highest BCUT2D eigenvalue weighted by molar-refractivity contribution is 5.22. The van der Waals surface area contributed by atoms with E-state index in [0.717, 1.165) is 25.3 Å². The summed E-state index contributed by atoms with van der Waals surface area (Å²) >= 11 is 0. The minimum absolute atomic E-state index is 0.135. The van der Waals surface area contributed by atoms with Crippen LogP contribution in [0.1, 0.15) is 43.1 Å². The van der Waals surface area contributed by atoms with Crippen LogP contribution in [0.4, 0.5) is 0 Å². The maximum absolute atomic E-state index is 6.01. The predicted molar refractivity (Wildman–Crippen MR) is 85.4 cm³/mol. The Bertz CT molecular complexity index is 598. The standard InChI is InChI=1S/C17H24N4O/c1-3-16-19-17(22-20-16)12(2)21-10-14(9-18)15(11-21)13-7-5-4-6-8-13/h4-8,12,14-15H,3,9-11,18H2,1-2H3/t12?,14-,15+/m1/s1. The first-order chi connectivity index (χ1) is 10.7. The number of benzene rings is 1. The van der Waals surface area contributed by atoms with E-state index in [0.29, 0.717) is 24.3 Å². The second-order valence-electron chi connectivity index (χ2n) is 6.05. The Morgan fingerprint density at radius 3 is 2.73 bits per heavy atom. The molecule has 1 fully saturated rings. The van der Waals surface area contributed by atoms with Gasteiger partial charge in [0.15, 0.2) is 5.82 Å². The zero-order valence-electron chi connectivity index (χ0n) is 13.3. The highest BCUT2D eigenvalue weighted by Gasteiger charge is 2.36. The molecule has 0 saturated carbocycles. The number of likely N-dealkylation sites (tertiary alicyclic amines) is 1. The first-order valence-corrected chi connectivity index (χ1v) is 8.04. The van der Waals surface area contributed by atoms with Gasteiger partial charge in [-0.05, 0) is 24.9 Å². The van der Waals surface area contributed by atoms with Gasteiger partial charge in [0.2, 0.25) is 5.89 Å². The summed E-state index contributed by atoms with van der Waals surface area (Å²) < 4.78 is 5.41. The van der Waals surface area contributed by atoms with E-state index in [9.17, 15) is 0 Å². The molecule has 0 radical (unpaired) electrons. The minimum atomic E-state index is 0.135. The van der Waals surface area contributed by atoms with E-state index in [2.05, 4.69) is 52.3 Å². The summed E-state index contributed by atoms with van der Waals surface area (Å²) in [7, 11) is 0. The van der Waals surface area contributed by atoms with Crippen molar-refractivity contribution in [2.24, 2.45) is 11.7 Å². The molecule has 2 N–H and O–H groups in total. The van der Waals surface area contributed by atoms with Gasteiger partial charge in [-0.1, -0.05) is 42.4 Å². The molecule has 5 heteroatoms. The third-order valence-corrected chi connectivity index (χ3v) is 4.70. The highest BCUT2D eigenvalue weighted by atomic mass is 16.5. The van der Waals surface area contributed by atoms with Gasteiger partial charge in [-0.2, -0.15) is 4.98 Å². The summed E-state index contributed by atoms with van der Waals surface area (Å²) in [5, 5.41) is 4.01. The lowest BCUT2D eigenvalue weighted by molar-refractivity contribution is 0.202. The normalized spacial score (nSPS) is 23.8. The molecule has 5 nitrogen and oxygen atoms in total. The van der Waals surface area contributed by atoms with Crippen LogP contribution in [0.5, 0.6) is 0 Å². The van der Waals surface area contributed by atoms with Crippen LogP contribution in [-0.2, 0) is 6.42 Å². The predicted octanol–water partition coefficient (Wildman–Crippen LogP) is 2.37. The Kier molecular flexibility index (Phi) is 4.55. The minimum Gasteiger partial charge on any atom is -0.338 e. The molecule has 1 aliphatic rings. The Morgan fingerprint density at radius 1 is 1.32 bits per heavy atom. The first-order valence-electron chi connectivity index (χ1n) is 8.04. The molecule has 1 aliphatic heterocycles. The molecule has 1 saturated heterocycles. The summed E-state index contributed by atoms with van der Waals surface area (Å²) in [4.78, 5) is 6.88. The maximum atomic E-state index is 6.01. The largest absolute Gasteiger partial charge is 0.338 e. The molecule has 2 heterocycles. The lowest BCUT2D eigenvalue weighted by Crippen LogP contribution is -2.26. The number of nitrogens with two attached hydrogens (primary N) is 1. The fourth-order valence-corrected chi connectivity index (χ4v) is 3.27. The molecule has 1 aromatic heterocycles. The Hall–Kier alpha value is -1.72. The Balaban J connectivity index is 1.76. The van der Waals surface area contributed by atoms with Crippen LogP contribution in [0.2, 0.25) is 0 Å². The van der Waals surface area contributed by atoms with E-state index in [-0.39, 0.29) is 6.04 Å². The summed E-state index contributed by atoms with van der Waals surface area (Å²) in [6.07, 6.45) is 0.800. The van der Waals surface area contributed by atoms with Gasteiger partial charge in [0.05, 0.1) is 6.04 Å². The van der Waals surface area contributed by atoms with Crippen molar-refractivity contribution < 1.29 is 4.52 Å². The van der Waals surface area contributed by atoms with E-state index < -0.39 is 0 Å². The second-order valence-corrected chi connectivity index (χ2v) is 6.05. The molecule has 1 aromatic carbocycles. The summed E-state index contributed by atoms with van der Waals surface area (Å²) in [5.41, 5.74) is 7.38. The SMILES string of the molecule is CCc1noc(C(C)N2C[C@@H](CN)[C@H](c3ccccc3)C2)n1. The van der Waals surface area contributed by atoms with Crippen LogP contribution < -0.4 is 5.73 Å². The van der Waals surface area contributed by atoms with Crippen molar-refractivity contribution in [2.75, 3.05) is 19.6 Å². The number of aryl methyl sites for hydroxylation is 1. The maximum Gasteiger partial charge on any atom is 0.243 e. The van der Waals surface area contributed by atoms with Crippen molar-refractivity contribution in [2.45, 2.75) is 32.2 Å². The summed E-state index contributed by atoms with van der Waals surface area (Å²) in [6, 6.07) is 10.8. The van der Waals surface area contributed by atoms with Crippen molar-refractivity contribution in [3.63, 3.8) is 0 Å². The van der Waals surface area contributed by atoms with Gasteiger partial charge in [0.1, 0.15) is 0 Å². The molecule has 3 rings (SSSR count). The molecule has 0 amide bonds. The second kappa shape index (κ2) is 6.58. The van der Waals surface area contributed by atoms with Crippen molar-refractivity contribution in [3.05, 3.63) is 47.6 Å². The molecule has 118 valence electrons. The Morgan fingerprint density at radius 2 is 2.09 bits per heavy atom. The molecule has 0 spiro atoms. The van der Waals surface area contributed by atoms with Crippen molar-refractivity contribution >= 4 is 0 Å². The molecule has 3 atom stereocenters. The average molecular weight is 300 g/mol. The highest BCUT2D eigenvalue weighted by Crippen LogP contribution is 2.36. The fourth-order valence-electron chi connectivity index (χ4n) is 3.27. The average Bonchev–Trinajstić information content (AvgIpc) is 3.21. The van der Waals surface area contributed by atoms with Crippen molar-refractivity contribution in [1.82, 2.24) is 15.0 Å². The number of hydrogen-bond donors (Lipinski definition) is 1. The van der Waals surface area contributed by atoms with Crippen LogP contribution >= 0.6 is 0 Å². The van der Waals surface area contributed by atoms with Gasteiger partial charge in [-0.15, -0.1) is 0 Å². The van der Waals surface area contributed by atoms with Gasteiger partial charge >= 0.3 is 0 Å². The quantitative estimate of drug-likeness (QED) is 0.918. The zero-order chi connectivity index (χ0) is 15.5. The van der Waals surface area contributed by atoms with E-state index >= 15 is 0 Å². The first kappa shape index (κ1) is 15.2. The zero-order valence-corrected chi connectivity index (χ0v) is 13.3. The monoisotopic (exact) mass is 300 g/mol. The summed E-state index contributed by atoms with van der Waals surface area (Å²) in [6.45, 7) is 6.82. The summed E-state index contributed by atoms with van der Waals surface area (Å²) in [5.74, 6) is 2.43. The third kappa shape index (κ3) is 2.91. The number of rotatable bonds is 5. The molecular weight excluding hydrogens is 276 g/mol. The van der Waals surface area contributed by atoms with Gasteiger partial charge < -0.3 is 10.3 Å². The van der Waals surface area contributed by atoms with E-state index in [1.807, 2.05) is 6.92 Å². The van der Waals surface area contributed by atoms with Crippen LogP contribution in [0.25, 0.3) is 0 Å². The van der Waals surface area contributed by atoms with Crippen molar-refractivity contribution in [1.29, 1.82) is 0 Å². The van der Waals surface area contributed by atoms with E-state index in [1.54, 1.807) is 0 Å². The van der Waals surface area contributed by atoms with E-state index in [1.165, 1.54) is 5.56 Å². The molecule has 0 bridgehead atoms. The molecule has 2 aromatic rings. The molecule has 22 heavy (non-hydrogen) atoms. The molecule has 1 unspecified atom stereocenters. The van der Waals surface area contributed by atoms with E-state index in [4.69, 9.17) is 10.3 Å². The molecule has 0 aliphatic carbocycles. The number of hydrogen-bond acceptors (Lipinski definition) is 5. The van der Waals surface area contributed by atoms with Crippen molar-refractivity contribution in [3.8, 4) is 0 Å². The van der Waals surface area contributed by atoms with Gasteiger partial charge in [0, 0.05) is 25.4 Å². The Labute approximate surface area is 131 Å². The van der Waals surface area contributed by atoms with Crippen LogP contribution in [0.15, 0.2) is 34.9 Å². The number of nitrogens with zero attached hydrogens (tertiary/aromatic N) is 3. The fraction of sp³-hybridized carbons (Fsp3) is 0.529. The van der Waals surface area contributed by atoms with Crippen LogP contribution in [-0.4, -0.2) is 34.7 Å². The van der Waals surface area contributed by atoms with Crippen LogP contribution in [0, 0.1) is 5.92 Å². The van der Waals surface area contributed by atoms with Gasteiger partial charge in [-0.25, -0.2) is 0 Å². The lowest BCUT2D eigenvalue weighted by atomic mass is 9.89. The number of aromatic nitrogens is 2. The van der Waals surface area contributed by atoms with Crippen LogP contribution in [0.3, 0.4) is 0 Å². The lowest BCUT2D eigenvalue weighted by Gasteiger charge is -2.21. The third-order valence-electron chi connectivity index (χ3n) is 4.70.